The lowest BCUT2D eigenvalue weighted by Gasteiger charge is -2.35. The van der Waals surface area contributed by atoms with Gasteiger partial charge in [0.05, 0.1) is 12.2 Å². The standard InChI is InChI=1S/C12H22N2O4S/c1-8-6-14(7-9(2)18-8)12(17)13-10(11(15)16)4-5-19-3/h8-10H,4-7H2,1-3H3,(H,13,17)(H,15,16)/t8-,9+,10?. The number of nitrogens with zero attached hydrogens (tertiary/aromatic N) is 1. The van der Waals surface area contributed by atoms with Gasteiger partial charge in [-0.15, -0.1) is 0 Å². The third-order valence-corrected chi connectivity index (χ3v) is 3.56. The van der Waals surface area contributed by atoms with Gasteiger partial charge in [0.1, 0.15) is 6.04 Å². The Labute approximate surface area is 117 Å². The van der Waals surface area contributed by atoms with Crippen molar-refractivity contribution in [3.8, 4) is 0 Å². The molecule has 6 nitrogen and oxygen atoms in total. The Kier molecular flexibility index (Phi) is 6.44. The molecule has 1 aliphatic heterocycles. The quantitative estimate of drug-likeness (QED) is 0.790. The summed E-state index contributed by atoms with van der Waals surface area (Å²) < 4.78 is 5.54. The van der Waals surface area contributed by atoms with Crippen LogP contribution >= 0.6 is 11.8 Å². The normalized spacial score (nSPS) is 24.9. The maximum atomic E-state index is 12.1. The molecule has 1 saturated heterocycles. The highest BCUT2D eigenvalue weighted by Gasteiger charge is 2.28. The topological polar surface area (TPSA) is 78.9 Å². The SMILES string of the molecule is CSCCC(NC(=O)N1C[C@@H](C)O[C@@H](C)C1)C(=O)O. The van der Waals surface area contributed by atoms with Gasteiger partial charge in [0.15, 0.2) is 0 Å². The Bertz CT molecular complexity index is 317. The van der Waals surface area contributed by atoms with Gasteiger partial charge in [-0.05, 0) is 32.3 Å². The second-order valence-corrected chi connectivity index (χ2v) is 5.77. The number of morpholine rings is 1. The molecule has 0 aromatic carbocycles. The predicted molar refractivity (Wildman–Crippen MR) is 74.5 cm³/mol. The molecule has 19 heavy (non-hydrogen) atoms. The first-order chi connectivity index (χ1) is 8.93. The molecule has 0 aromatic rings. The maximum Gasteiger partial charge on any atom is 0.326 e. The van der Waals surface area contributed by atoms with Crippen LogP contribution < -0.4 is 5.32 Å². The third kappa shape index (κ3) is 5.28. The number of urea groups is 1. The smallest absolute Gasteiger partial charge is 0.326 e. The van der Waals surface area contributed by atoms with Gasteiger partial charge >= 0.3 is 12.0 Å². The Morgan fingerprint density at radius 3 is 2.47 bits per heavy atom. The number of hydrogen-bond acceptors (Lipinski definition) is 4. The van der Waals surface area contributed by atoms with E-state index < -0.39 is 12.0 Å². The Morgan fingerprint density at radius 2 is 2.00 bits per heavy atom. The number of carboxylic acid groups (broad SMARTS) is 1. The third-order valence-electron chi connectivity index (χ3n) is 2.91. The molecule has 0 bridgehead atoms. The predicted octanol–water partition coefficient (Wildman–Crippen LogP) is 1.01. The number of aliphatic carboxylic acids is 1. The molecule has 1 heterocycles. The van der Waals surface area contributed by atoms with Crippen LogP contribution in [0.2, 0.25) is 0 Å². The summed E-state index contributed by atoms with van der Waals surface area (Å²) >= 11 is 1.56. The van der Waals surface area contributed by atoms with Crippen LogP contribution in [0.5, 0.6) is 0 Å². The number of rotatable bonds is 5. The summed E-state index contributed by atoms with van der Waals surface area (Å²) in [5, 5.41) is 11.7. The fourth-order valence-electron chi connectivity index (χ4n) is 2.08. The molecular weight excluding hydrogens is 268 g/mol. The first-order valence-electron chi connectivity index (χ1n) is 6.36. The minimum absolute atomic E-state index is 0.0241. The van der Waals surface area contributed by atoms with Gasteiger partial charge in [0.25, 0.3) is 0 Å². The molecule has 0 radical (unpaired) electrons. The first kappa shape index (κ1) is 16.1. The summed E-state index contributed by atoms with van der Waals surface area (Å²) in [5.41, 5.74) is 0. The first-order valence-corrected chi connectivity index (χ1v) is 7.76. The van der Waals surface area contributed by atoms with Gasteiger partial charge in [-0.2, -0.15) is 11.8 Å². The summed E-state index contributed by atoms with van der Waals surface area (Å²) in [6, 6.07) is -1.15. The molecule has 110 valence electrons. The van der Waals surface area contributed by atoms with Gasteiger partial charge in [-0.3, -0.25) is 0 Å². The number of ether oxygens (including phenoxy) is 1. The van der Waals surface area contributed by atoms with Crippen molar-refractivity contribution in [2.24, 2.45) is 0 Å². The Balaban J connectivity index is 2.53. The molecule has 1 unspecified atom stereocenters. The highest BCUT2D eigenvalue weighted by Crippen LogP contribution is 2.11. The zero-order chi connectivity index (χ0) is 14.4. The molecule has 3 atom stereocenters. The average molecular weight is 290 g/mol. The van der Waals surface area contributed by atoms with Gasteiger partial charge in [0, 0.05) is 13.1 Å². The van der Waals surface area contributed by atoms with E-state index in [1.165, 1.54) is 0 Å². The van der Waals surface area contributed by atoms with E-state index in [2.05, 4.69) is 5.32 Å². The molecular formula is C12H22N2O4S. The van der Waals surface area contributed by atoms with Crippen LogP contribution in [0.1, 0.15) is 20.3 Å². The molecule has 1 fully saturated rings. The summed E-state index contributed by atoms with van der Waals surface area (Å²) in [4.78, 5) is 24.8. The molecule has 1 rings (SSSR count). The van der Waals surface area contributed by atoms with Crippen molar-refractivity contribution in [1.82, 2.24) is 10.2 Å². The number of thioether (sulfide) groups is 1. The van der Waals surface area contributed by atoms with Crippen molar-refractivity contribution in [2.45, 2.75) is 38.5 Å². The largest absolute Gasteiger partial charge is 0.480 e. The monoisotopic (exact) mass is 290 g/mol. The molecule has 0 spiro atoms. The highest BCUT2D eigenvalue weighted by molar-refractivity contribution is 7.98. The van der Waals surface area contributed by atoms with Crippen LogP contribution in [0.4, 0.5) is 4.79 Å². The summed E-state index contributed by atoms with van der Waals surface area (Å²) in [7, 11) is 0. The van der Waals surface area contributed by atoms with Gasteiger partial charge in [-0.1, -0.05) is 0 Å². The lowest BCUT2D eigenvalue weighted by Crippen LogP contribution is -2.54. The van der Waals surface area contributed by atoms with Crippen molar-refractivity contribution in [2.75, 3.05) is 25.1 Å². The van der Waals surface area contributed by atoms with E-state index in [4.69, 9.17) is 9.84 Å². The number of carboxylic acids is 1. The zero-order valence-corrected chi connectivity index (χ0v) is 12.4. The fraction of sp³-hybridized carbons (Fsp3) is 0.833. The van der Waals surface area contributed by atoms with Crippen LogP contribution in [-0.2, 0) is 9.53 Å². The number of carbonyl (C=O) groups is 2. The van der Waals surface area contributed by atoms with Crippen LogP contribution in [0.3, 0.4) is 0 Å². The lowest BCUT2D eigenvalue weighted by atomic mass is 10.2. The van der Waals surface area contributed by atoms with E-state index in [9.17, 15) is 9.59 Å². The molecule has 1 aliphatic rings. The van der Waals surface area contributed by atoms with E-state index in [1.54, 1.807) is 16.7 Å². The summed E-state index contributed by atoms with van der Waals surface area (Å²) in [5.74, 6) is -0.288. The van der Waals surface area contributed by atoms with E-state index in [0.717, 1.165) is 0 Å². The average Bonchev–Trinajstić information content (AvgIpc) is 2.32. The summed E-state index contributed by atoms with van der Waals surface area (Å²) in [6.07, 6.45) is 2.29. The van der Waals surface area contributed by atoms with Crippen LogP contribution in [0.25, 0.3) is 0 Å². The summed E-state index contributed by atoms with van der Waals surface area (Å²) in [6.45, 7) is 4.78. The van der Waals surface area contributed by atoms with E-state index in [-0.39, 0.29) is 18.2 Å². The zero-order valence-electron chi connectivity index (χ0n) is 11.6. The molecule has 2 amide bonds. The molecule has 0 aliphatic carbocycles. The van der Waals surface area contributed by atoms with Gasteiger partial charge in [0.2, 0.25) is 0 Å². The second kappa shape index (κ2) is 7.59. The fourth-order valence-corrected chi connectivity index (χ4v) is 2.55. The molecule has 2 N–H and O–H groups in total. The van der Waals surface area contributed by atoms with E-state index in [1.807, 2.05) is 20.1 Å². The molecule has 0 saturated carbocycles. The highest BCUT2D eigenvalue weighted by atomic mass is 32.2. The van der Waals surface area contributed by atoms with Crippen LogP contribution in [-0.4, -0.2) is 65.4 Å². The Morgan fingerprint density at radius 1 is 1.42 bits per heavy atom. The van der Waals surface area contributed by atoms with Crippen molar-refractivity contribution >= 4 is 23.8 Å². The van der Waals surface area contributed by atoms with Crippen LogP contribution in [0.15, 0.2) is 0 Å². The molecule has 7 heteroatoms. The minimum Gasteiger partial charge on any atom is -0.480 e. The van der Waals surface area contributed by atoms with E-state index >= 15 is 0 Å². The number of carbonyl (C=O) groups excluding carboxylic acids is 1. The number of hydrogen-bond donors (Lipinski definition) is 2. The van der Waals surface area contributed by atoms with Gasteiger partial charge in [-0.25, -0.2) is 9.59 Å². The van der Waals surface area contributed by atoms with Gasteiger partial charge < -0.3 is 20.1 Å². The number of nitrogens with one attached hydrogen (secondary N) is 1. The van der Waals surface area contributed by atoms with Crippen molar-refractivity contribution < 1.29 is 19.4 Å². The lowest BCUT2D eigenvalue weighted by molar-refractivity contribution is -0.139. The van der Waals surface area contributed by atoms with Crippen molar-refractivity contribution in [3.63, 3.8) is 0 Å². The number of amides is 2. The molecule has 0 aromatic heterocycles. The van der Waals surface area contributed by atoms with Crippen LogP contribution in [0, 0.1) is 0 Å². The van der Waals surface area contributed by atoms with Crippen molar-refractivity contribution in [3.05, 3.63) is 0 Å². The van der Waals surface area contributed by atoms with Crippen molar-refractivity contribution in [1.29, 1.82) is 0 Å². The van der Waals surface area contributed by atoms with E-state index in [0.29, 0.717) is 25.3 Å². The second-order valence-electron chi connectivity index (χ2n) is 4.78. The Hall–Kier alpha value is -0.950. The minimum atomic E-state index is -0.989. The maximum absolute atomic E-state index is 12.1.